The van der Waals surface area contributed by atoms with Crippen LogP contribution >= 0.6 is 23.2 Å². The first-order valence-electron chi connectivity index (χ1n) is 6.61. The van der Waals surface area contributed by atoms with Crippen LogP contribution in [0, 0.1) is 5.82 Å². The summed E-state index contributed by atoms with van der Waals surface area (Å²) >= 11 is 11.8. The van der Waals surface area contributed by atoms with Gasteiger partial charge in [-0.2, -0.15) is 0 Å². The zero-order valence-corrected chi connectivity index (χ0v) is 13.3. The van der Waals surface area contributed by atoms with Crippen molar-refractivity contribution in [3.63, 3.8) is 0 Å². The second-order valence-corrected chi connectivity index (χ2v) is 5.76. The van der Waals surface area contributed by atoms with Crippen molar-refractivity contribution < 1.29 is 9.13 Å². The number of ether oxygens (including phenoxy) is 1. The maximum Gasteiger partial charge on any atom is 0.167 e. The van der Waals surface area contributed by atoms with E-state index in [-0.39, 0.29) is 5.75 Å². The van der Waals surface area contributed by atoms with Gasteiger partial charge < -0.3 is 10.1 Å². The van der Waals surface area contributed by atoms with E-state index in [0.29, 0.717) is 28.4 Å². The first-order valence-corrected chi connectivity index (χ1v) is 7.36. The molecule has 0 unspecified atom stereocenters. The van der Waals surface area contributed by atoms with E-state index in [1.807, 2.05) is 19.9 Å². The Kier molecular flexibility index (Phi) is 5.45. The van der Waals surface area contributed by atoms with Crippen LogP contribution in [0.3, 0.4) is 0 Å². The van der Waals surface area contributed by atoms with Crippen LogP contribution in [0.5, 0.6) is 11.5 Å². The van der Waals surface area contributed by atoms with E-state index in [9.17, 15) is 4.39 Å². The van der Waals surface area contributed by atoms with Crippen molar-refractivity contribution in [1.29, 1.82) is 0 Å². The predicted octanol–water partition coefficient (Wildman–Crippen LogP) is 5.42. The minimum Gasteiger partial charge on any atom is -0.454 e. The summed E-state index contributed by atoms with van der Waals surface area (Å²) in [6.45, 7) is 4.57. The average molecular weight is 328 g/mol. The van der Waals surface area contributed by atoms with Crippen LogP contribution in [-0.4, -0.2) is 6.04 Å². The summed E-state index contributed by atoms with van der Waals surface area (Å²) in [4.78, 5) is 0. The van der Waals surface area contributed by atoms with Gasteiger partial charge in [0.25, 0.3) is 0 Å². The molecule has 2 aromatic rings. The van der Waals surface area contributed by atoms with Crippen molar-refractivity contribution in [3.05, 3.63) is 57.8 Å². The normalized spacial score (nSPS) is 11.0. The molecule has 0 radical (unpaired) electrons. The highest BCUT2D eigenvalue weighted by Gasteiger charge is 2.12. The molecule has 0 spiro atoms. The summed E-state index contributed by atoms with van der Waals surface area (Å²) in [6.07, 6.45) is 0. The summed E-state index contributed by atoms with van der Waals surface area (Å²) < 4.78 is 19.7. The highest BCUT2D eigenvalue weighted by Crippen LogP contribution is 2.32. The lowest BCUT2D eigenvalue weighted by atomic mass is 10.2. The Morgan fingerprint density at radius 3 is 2.57 bits per heavy atom. The molecule has 0 bridgehead atoms. The van der Waals surface area contributed by atoms with E-state index >= 15 is 0 Å². The van der Waals surface area contributed by atoms with Gasteiger partial charge >= 0.3 is 0 Å². The van der Waals surface area contributed by atoms with Crippen LogP contribution in [0.25, 0.3) is 0 Å². The fraction of sp³-hybridized carbons (Fsp3) is 0.250. The van der Waals surface area contributed by atoms with Crippen LogP contribution < -0.4 is 10.1 Å². The molecule has 0 aliphatic carbocycles. The third-order valence-corrected chi connectivity index (χ3v) is 3.60. The average Bonchev–Trinajstić information content (AvgIpc) is 2.43. The minimum absolute atomic E-state index is 0.198. The summed E-state index contributed by atoms with van der Waals surface area (Å²) in [7, 11) is 0. The highest BCUT2D eigenvalue weighted by molar-refractivity contribution is 6.42. The molecule has 0 aliphatic heterocycles. The van der Waals surface area contributed by atoms with Crippen LogP contribution in [0.1, 0.15) is 19.4 Å². The summed E-state index contributed by atoms with van der Waals surface area (Å²) in [5, 5.41) is 4.04. The topological polar surface area (TPSA) is 21.3 Å². The molecule has 2 rings (SSSR count). The van der Waals surface area contributed by atoms with Crippen LogP contribution in [-0.2, 0) is 6.54 Å². The van der Waals surface area contributed by atoms with E-state index in [0.717, 1.165) is 5.56 Å². The predicted molar refractivity (Wildman–Crippen MR) is 84.9 cm³/mol. The van der Waals surface area contributed by atoms with Gasteiger partial charge in [0.1, 0.15) is 5.75 Å². The fourth-order valence-electron chi connectivity index (χ4n) is 1.78. The second kappa shape index (κ2) is 7.12. The van der Waals surface area contributed by atoms with E-state index in [2.05, 4.69) is 5.32 Å². The summed E-state index contributed by atoms with van der Waals surface area (Å²) in [6, 6.07) is 9.99. The van der Waals surface area contributed by atoms with E-state index in [1.165, 1.54) is 6.07 Å². The van der Waals surface area contributed by atoms with E-state index in [4.69, 9.17) is 27.9 Å². The van der Waals surface area contributed by atoms with E-state index in [1.54, 1.807) is 24.3 Å². The smallest absolute Gasteiger partial charge is 0.167 e. The Bertz CT molecular complexity index is 632. The van der Waals surface area contributed by atoms with Gasteiger partial charge in [-0.05, 0) is 18.2 Å². The number of halogens is 3. The van der Waals surface area contributed by atoms with Crippen molar-refractivity contribution in [2.24, 2.45) is 0 Å². The van der Waals surface area contributed by atoms with Crippen molar-refractivity contribution in [3.8, 4) is 11.5 Å². The van der Waals surface area contributed by atoms with Crippen LogP contribution in [0.2, 0.25) is 10.0 Å². The lowest BCUT2D eigenvalue weighted by molar-refractivity contribution is 0.431. The zero-order valence-electron chi connectivity index (χ0n) is 11.8. The molecule has 2 aromatic carbocycles. The third-order valence-electron chi connectivity index (χ3n) is 2.86. The number of rotatable bonds is 5. The molecule has 0 amide bonds. The van der Waals surface area contributed by atoms with Crippen LogP contribution in [0.4, 0.5) is 4.39 Å². The molecule has 1 N–H and O–H groups in total. The Hall–Kier alpha value is -1.29. The first-order chi connectivity index (χ1) is 9.97. The van der Waals surface area contributed by atoms with Gasteiger partial charge in [0.05, 0.1) is 10.0 Å². The maximum atomic E-state index is 14.0. The maximum absolute atomic E-state index is 14.0. The summed E-state index contributed by atoms with van der Waals surface area (Å²) in [5.74, 6) is 0.230. The van der Waals surface area contributed by atoms with Crippen molar-refractivity contribution in [1.82, 2.24) is 5.32 Å². The molecule has 0 atom stereocenters. The van der Waals surface area contributed by atoms with Gasteiger partial charge in [0, 0.05) is 24.2 Å². The molecule has 0 saturated heterocycles. The number of hydrogen-bond acceptors (Lipinski definition) is 2. The van der Waals surface area contributed by atoms with Gasteiger partial charge in [-0.1, -0.05) is 49.2 Å². The molecule has 21 heavy (non-hydrogen) atoms. The summed E-state index contributed by atoms with van der Waals surface area (Å²) in [5.41, 5.74) is 0.745. The minimum atomic E-state index is -0.413. The molecule has 112 valence electrons. The molecule has 2 nitrogen and oxygen atoms in total. The Labute approximate surface area is 133 Å². The lowest BCUT2D eigenvalue weighted by Gasteiger charge is -2.14. The lowest BCUT2D eigenvalue weighted by Crippen LogP contribution is -2.22. The molecular weight excluding hydrogens is 312 g/mol. The largest absolute Gasteiger partial charge is 0.454 e. The van der Waals surface area contributed by atoms with Crippen molar-refractivity contribution in [2.45, 2.75) is 26.4 Å². The fourth-order valence-corrected chi connectivity index (χ4v) is 2.07. The number of para-hydroxylation sites is 1. The number of benzene rings is 2. The Morgan fingerprint density at radius 1 is 1.14 bits per heavy atom. The molecule has 0 saturated carbocycles. The van der Waals surface area contributed by atoms with Crippen molar-refractivity contribution in [2.75, 3.05) is 0 Å². The van der Waals surface area contributed by atoms with Gasteiger partial charge in [-0.25, -0.2) is 4.39 Å². The molecule has 0 aromatic heterocycles. The number of hydrogen-bond donors (Lipinski definition) is 1. The van der Waals surface area contributed by atoms with Gasteiger partial charge in [-0.15, -0.1) is 0 Å². The highest BCUT2D eigenvalue weighted by atomic mass is 35.5. The quantitative estimate of drug-likeness (QED) is 0.791. The monoisotopic (exact) mass is 327 g/mol. The molecule has 5 heteroatoms. The SMILES string of the molecule is CC(C)NCc1cccc(F)c1Oc1ccc(Cl)c(Cl)c1. The van der Waals surface area contributed by atoms with Crippen LogP contribution in [0.15, 0.2) is 36.4 Å². The molecule has 0 heterocycles. The zero-order chi connectivity index (χ0) is 15.4. The third kappa shape index (κ3) is 4.34. The van der Waals surface area contributed by atoms with Gasteiger partial charge in [-0.3, -0.25) is 0 Å². The molecular formula is C16H16Cl2FNO. The van der Waals surface area contributed by atoms with E-state index < -0.39 is 5.82 Å². The molecule has 0 fully saturated rings. The standard InChI is InChI=1S/C16H16Cl2FNO/c1-10(2)20-9-11-4-3-5-15(19)16(11)21-12-6-7-13(17)14(18)8-12/h3-8,10,20H,9H2,1-2H3. The van der Waals surface area contributed by atoms with Gasteiger partial charge in [0.2, 0.25) is 0 Å². The second-order valence-electron chi connectivity index (χ2n) is 4.94. The number of nitrogens with one attached hydrogen (secondary N) is 1. The van der Waals surface area contributed by atoms with Gasteiger partial charge in [0.15, 0.2) is 11.6 Å². The molecule has 0 aliphatic rings. The first kappa shape index (κ1) is 16.1. The Balaban J connectivity index is 2.27. The van der Waals surface area contributed by atoms with Crippen molar-refractivity contribution >= 4 is 23.2 Å². The Morgan fingerprint density at radius 2 is 1.90 bits per heavy atom.